The van der Waals surface area contributed by atoms with Crippen molar-refractivity contribution in [2.75, 3.05) is 13.7 Å². The van der Waals surface area contributed by atoms with Gasteiger partial charge in [-0.05, 0) is 42.2 Å². The number of hydrogen-bond donors (Lipinski definition) is 3. The van der Waals surface area contributed by atoms with Crippen molar-refractivity contribution in [2.24, 2.45) is 0 Å². The lowest BCUT2D eigenvalue weighted by molar-refractivity contribution is 0.0947. The molecule has 3 N–H and O–H groups in total. The third kappa shape index (κ3) is 3.89. The lowest BCUT2D eigenvalue weighted by Gasteiger charge is -2.12. The second-order valence-electron chi connectivity index (χ2n) is 6.91. The number of phenols is 2. The van der Waals surface area contributed by atoms with Gasteiger partial charge in [-0.3, -0.25) is 4.79 Å². The number of phenolic OH excluding ortho intramolecular Hbond substituents is 2. The average molecular weight is 396 g/mol. The predicted octanol–water partition coefficient (Wildman–Crippen LogP) is 4.30. The normalized spacial score (nSPS) is 10.9. The van der Waals surface area contributed by atoms with Gasteiger partial charge in [-0.15, -0.1) is 0 Å². The van der Waals surface area contributed by atoms with Crippen molar-refractivity contribution >= 4 is 5.91 Å². The maximum absolute atomic E-state index is 12.6. The van der Waals surface area contributed by atoms with Gasteiger partial charge in [0.1, 0.15) is 17.2 Å². The minimum absolute atomic E-state index is 0.00397. The first-order chi connectivity index (χ1) is 13.9. The first kappa shape index (κ1) is 20.3. The maximum atomic E-state index is 12.6. The number of methoxy groups -OCH3 is 1. The number of benzene rings is 2. The van der Waals surface area contributed by atoms with E-state index in [0.717, 1.165) is 0 Å². The fraction of sp³-hybridized carbons (Fsp3) is 0.273. The van der Waals surface area contributed by atoms with Gasteiger partial charge in [-0.1, -0.05) is 31.1 Å². The average Bonchev–Trinajstić information content (AvgIpc) is 3.13. The van der Waals surface area contributed by atoms with Gasteiger partial charge in [-0.25, -0.2) is 0 Å². The molecule has 29 heavy (non-hydrogen) atoms. The van der Waals surface area contributed by atoms with Crippen molar-refractivity contribution in [1.82, 2.24) is 10.5 Å². The molecule has 0 spiro atoms. The van der Waals surface area contributed by atoms with E-state index in [1.807, 2.05) is 20.8 Å². The maximum Gasteiger partial charge on any atom is 0.274 e. The van der Waals surface area contributed by atoms with Crippen LogP contribution in [0.15, 0.2) is 40.9 Å². The Morgan fingerprint density at radius 2 is 1.86 bits per heavy atom. The van der Waals surface area contributed by atoms with Gasteiger partial charge in [0, 0.05) is 12.6 Å². The number of carbonyl (C=O) groups excluding carboxylic acids is 1. The number of aromatic nitrogens is 1. The summed E-state index contributed by atoms with van der Waals surface area (Å²) in [6.45, 7) is 6.11. The van der Waals surface area contributed by atoms with Crippen molar-refractivity contribution < 1.29 is 24.3 Å². The van der Waals surface area contributed by atoms with Crippen LogP contribution in [0.4, 0.5) is 0 Å². The molecule has 0 aliphatic heterocycles. The third-order valence-electron chi connectivity index (χ3n) is 4.63. The number of nitrogens with one attached hydrogen (secondary N) is 1. The van der Waals surface area contributed by atoms with E-state index in [9.17, 15) is 15.0 Å². The van der Waals surface area contributed by atoms with Crippen LogP contribution >= 0.6 is 0 Å². The second kappa shape index (κ2) is 8.26. The fourth-order valence-corrected chi connectivity index (χ4v) is 3.14. The molecule has 0 unspecified atom stereocenters. The Hall–Kier alpha value is -3.48. The largest absolute Gasteiger partial charge is 0.508 e. The highest BCUT2D eigenvalue weighted by molar-refractivity contribution is 6.02. The highest BCUT2D eigenvalue weighted by Gasteiger charge is 2.27. The molecule has 0 saturated carbocycles. The summed E-state index contributed by atoms with van der Waals surface area (Å²) in [4.78, 5) is 12.6. The van der Waals surface area contributed by atoms with E-state index in [1.54, 1.807) is 37.4 Å². The molecule has 0 aliphatic carbocycles. The molecule has 7 nitrogen and oxygen atoms in total. The third-order valence-corrected chi connectivity index (χ3v) is 4.63. The Bertz CT molecular complexity index is 1020. The van der Waals surface area contributed by atoms with Gasteiger partial charge in [0.2, 0.25) is 0 Å². The Morgan fingerprint density at radius 3 is 2.45 bits per heavy atom. The van der Waals surface area contributed by atoms with Crippen LogP contribution in [0.2, 0.25) is 0 Å². The molecule has 0 fully saturated rings. The van der Waals surface area contributed by atoms with E-state index in [0.29, 0.717) is 34.5 Å². The Labute approximate surface area is 168 Å². The molecular formula is C22H24N2O5. The monoisotopic (exact) mass is 396 g/mol. The first-order valence-corrected chi connectivity index (χ1v) is 9.35. The SMILES string of the molecule is CCNC(=O)c1noc(-c2cc(C(C)C)c(O)cc2O)c1-c1ccc(OC)cc1. The number of amides is 1. The zero-order chi connectivity index (χ0) is 21.1. The first-order valence-electron chi connectivity index (χ1n) is 9.35. The molecular weight excluding hydrogens is 372 g/mol. The van der Waals surface area contributed by atoms with Gasteiger partial charge in [0.25, 0.3) is 5.91 Å². The molecule has 1 aromatic heterocycles. The summed E-state index contributed by atoms with van der Waals surface area (Å²) >= 11 is 0. The molecule has 1 amide bonds. The molecule has 0 radical (unpaired) electrons. The summed E-state index contributed by atoms with van der Waals surface area (Å²) < 4.78 is 10.7. The van der Waals surface area contributed by atoms with Crippen LogP contribution < -0.4 is 10.1 Å². The molecule has 152 valence electrons. The van der Waals surface area contributed by atoms with Gasteiger partial charge < -0.3 is 24.8 Å². The highest BCUT2D eigenvalue weighted by Crippen LogP contribution is 2.43. The molecule has 0 atom stereocenters. The number of hydrogen-bond acceptors (Lipinski definition) is 6. The number of nitrogens with zero attached hydrogens (tertiary/aromatic N) is 1. The smallest absolute Gasteiger partial charge is 0.274 e. The molecule has 0 bridgehead atoms. The van der Waals surface area contributed by atoms with Crippen LogP contribution in [0.3, 0.4) is 0 Å². The van der Waals surface area contributed by atoms with E-state index in [2.05, 4.69) is 10.5 Å². The van der Waals surface area contributed by atoms with E-state index in [1.165, 1.54) is 6.07 Å². The van der Waals surface area contributed by atoms with Gasteiger partial charge in [0.05, 0.1) is 18.2 Å². The molecule has 3 aromatic rings. The summed E-state index contributed by atoms with van der Waals surface area (Å²) in [5.74, 6) is 0.382. The van der Waals surface area contributed by atoms with E-state index in [4.69, 9.17) is 9.26 Å². The van der Waals surface area contributed by atoms with Crippen molar-refractivity contribution in [2.45, 2.75) is 26.7 Å². The van der Waals surface area contributed by atoms with E-state index >= 15 is 0 Å². The van der Waals surface area contributed by atoms with Crippen LogP contribution in [0, 0.1) is 0 Å². The molecule has 0 aliphatic rings. The molecule has 1 heterocycles. The van der Waals surface area contributed by atoms with Crippen molar-refractivity contribution in [3.05, 3.63) is 47.7 Å². The van der Waals surface area contributed by atoms with Crippen molar-refractivity contribution in [3.8, 4) is 39.7 Å². The molecule has 7 heteroatoms. The summed E-state index contributed by atoms with van der Waals surface area (Å²) in [6, 6.07) is 10.0. The van der Waals surface area contributed by atoms with E-state index in [-0.39, 0.29) is 34.8 Å². The van der Waals surface area contributed by atoms with Crippen LogP contribution in [0.5, 0.6) is 17.2 Å². The lowest BCUT2D eigenvalue weighted by Crippen LogP contribution is -2.23. The van der Waals surface area contributed by atoms with Crippen molar-refractivity contribution in [3.63, 3.8) is 0 Å². The predicted molar refractivity (Wildman–Crippen MR) is 109 cm³/mol. The van der Waals surface area contributed by atoms with Crippen LogP contribution in [0.25, 0.3) is 22.5 Å². The molecule has 3 rings (SSSR count). The number of rotatable bonds is 6. The summed E-state index contributed by atoms with van der Waals surface area (Å²) in [6.07, 6.45) is 0. The Kier molecular flexibility index (Phi) is 5.77. The zero-order valence-corrected chi connectivity index (χ0v) is 16.8. The minimum atomic E-state index is -0.379. The fourth-order valence-electron chi connectivity index (χ4n) is 3.14. The lowest BCUT2D eigenvalue weighted by atomic mass is 9.94. The number of carbonyl (C=O) groups is 1. The van der Waals surface area contributed by atoms with Gasteiger partial charge in [-0.2, -0.15) is 0 Å². The second-order valence-corrected chi connectivity index (χ2v) is 6.91. The Balaban J connectivity index is 2.24. The highest BCUT2D eigenvalue weighted by atomic mass is 16.5. The van der Waals surface area contributed by atoms with Crippen LogP contribution in [-0.4, -0.2) is 34.9 Å². The summed E-state index contributed by atoms with van der Waals surface area (Å²) in [7, 11) is 1.57. The van der Waals surface area contributed by atoms with Crippen LogP contribution in [0.1, 0.15) is 42.7 Å². The quantitative estimate of drug-likeness (QED) is 0.574. The minimum Gasteiger partial charge on any atom is -0.508 e. The summed E-state index contributed by atoms with van der Waals surface area (Å²) in [5, 5.41) is 27.3. The molecule has 2 aromatic carbocycles. The summed E-state index contributed by atoms with van der Waals surface area (Å²) in [5.41, 5.74) is 2.25. The standard InChI is InChI=1S/C22H24N2O5/c1-5-23-22(27)20-19(13-6-8-14(28-4)9-7-13)21(29-24-20)16-10-15(12(2)3)17(25)11-18(16)26/h6-12,25-26H,5H2,1-4H3,(H,23,27). The van der Waals surface area contributed by atoms with Crippen LogP contribution in [-0.2, 0) is 0 Å². The van der Waals surface area contributed by atoms with E-state index < -0.39 is 0 Å². The number of aromatic hydroxyl groups is 2. The van der Waals surface area contributed by atoms with Gasteiger partial charge in [0.15, 0.2) is 11.5 Å². The zero-order valence-electron chi connectivity index (χ0n) is 16.8. The van der Waals surface area contributed by atoms with Gasteiger partial charge >= 0.3 is 0 Å². The molecule has 0 saturated heterocycles. The van der Waals surface area contributed by atoms with Crippen molar-refractivity contribution in [1.29, 1.82) is 0 Å². The number of ether oxygens (including phenoxy) is 1. The topological polar surface area (TPSA) is 105 Å². The Morgan fingerprint density at radius 1 is 1.17 bits per heavy atom.